The molecule has 1 aliphatic heterocycles. The highest BCUT2D eigenvalue weighted by Gasteiger charge is 2.32. The second-order valence-electron chi connectivity index (χ2n) is 6.84. The monoisotopic (exact) mass is 355 g/mol. The van der Waals surface area contributed by atoms with Crippen LogP contribution >= 0.6 is 0 Å². The van der Waals surface area contributed by atoms with Crippen LogP contribution in [0.1, 0.15) is 37.3 Å². The fourth-order valence-electron chi connectivity index (χ4n) is 3.26. The maximum atomic E-state index is 12.4. The van der Waals surface area contributed by atoms with E-state index in [4.69, 9.17) is 14.2 Å². The number of anilines is 1. The lowest BCUT2D eigenvalue weighted by atomic mass is 9.83. The fraction of sp³-hybridized carbons (Fsp3) is 0.381. The Hall–Kier alpha value is -2.69. The van der Waals surface area contributed by atoms with Gasteiger partial charge in [-0.05, 0) is 12.0 Å². The van der Waals surface area contributed by atoms with Gasteiger partial charge in [-0.1, -0.05) is 32.0 Å². The second-order valence-corrected chi connectivity index (χ2v) is 6.84. The summed E-state index contributed by atoms with van der Waals surface area (Å²) >= 11 is 0. The average Bonchev–Trinajstić information content (AvgIpc) is 2.64. The molecule has 1 atom stereocenters. The SMILES string of the molecule is COc1cc2c(c(OC)c1)C(c1ccccc1OCC(C)C)CC(=O)N2. The maximum absolute atomic E-state index is 12.4. The van der Waals surface area contributed by atoms with Gasteiger partial charge in [0.2, 0.25) is 5.91 Å². The van der Waals surface area contributed by atoms with Gasteiger partial charge in [0.05, 0.1) is 26.5 Å². The van der Waals surface area contributed by atoms with E-state index in [9.17, 15) is 4.79 Å². The molecule has 3 rings (SSSR count). The summed E-state index contributed by atoms with van der Waals surface area (Å²) in [4.78, 5) is 12.4. The normalized spacial score (nSPS) is 16.0. The number of benzene rings is 2. The van der Waals surface area contributed by atoms with E-state index in [0.29, 0.717) is 30.4 Å². The highest BCUT2D eigenvalue weighted by atomic mass is 16.5. The number of nitrogens with one attached hydrogen (secondary N) is 1. The number of methoxy groups -OCH3 is 2. The molecule has 1 heterocycles. The van der Waals surface area contributed by atoms with Crippen LogP contribution in [0.3, 0.4) is 0 Å². The van der Waals surface area contributed by atoms with Gasteiger partial charge in [0, 0.05) is 35.6 Å². The first-order valence-corrected chi connectivity index (χ1v) is 8.81. The third-order valence-electron chi connectivity index (χ3n) is 4.45. The zero-order valence-electron chi connectivity index (χ0n) is 15.7. The number of ether oxygens (including phenoxy) is 3. The summed E-state index contributed by atoms with van der Waals surface area (Å²) in [5.41, 5.74) is 2.67. The summed E-state index contributed by atoms with van der Waals surface area (Å²) in [5, 5.41) is 2.94. The molecular formula is C21H25NO4. The minimum Gasteiger partial charge on any atom is -0.497 e. The lowest BCUT2D eigenvalue weighted by Crippen LogP contribution is -2.24. The number of carbonyl (C=O) groups is 1. The van der Waals surface area contributed by atoms with E-state index in [0.717, 1.165) is 22.6 Å². The first kappa shape index (κ1) is 18.1. The highest BCUT2D eigenvalue weighted by Crippen LogP contribution is 2.46. The third-order valence-corrected chi connectivity index (χ3v) is 4.45. The van der Waals surface area contributed by atoms with Crippen molar-refractivity contribution in [3.63, 3.8) is 0 Å². The molecule has 1 N–H and O–H groups in total. The molecule has 2 aromatic rings. The molecule has 0 fully saturated rings. The summed E-state index contributed by atoms with van der Waals surface area (Å²) in [7, 11) is 3.22. The molecule has 5 heteroatoms. The van der Waals surface area contributed by atoms with Crippen LogP contribution < -0.4 is 19.5 Å². The zero-order chi connectivity index (χ0) is 18.7. The number of hydrogen-bond donors (Lipinski definition) is 1. The number of amides is 1. The van der Waals surface area contributed by atoms with E-state index in [-0.39, 0.29) is 11.8 Å². The lowest BCUT2D eigenvalue weighted by Gasteiger charge is -2.29. The lowest BCUT2D eigenvalue weighted by molar-refractivity contribution is -0.116. The molecule has 0 bridgehead atoms. The Morgan fingerprint density at radius 3 is 2.58 bits per heavy atom. The average molecular weight is 355 g/mol. The molecule has 0 saturated carbocycles. The van der Waals surface area contributed by atoms with Crippen molar-refractivity contribution in [2.45, 2.75) is 26.2 Å². The largest absolute Gasteiger partial charge is 0.497 e. The van der Waals surface area contributed by atoms with Crippen LogP contribution in [-0.2, 0) is 4.79 Å². The van der Waals surface area contributed by atoms with E-state index in [1.54, 1.807) is 14.2 Å². The van der Waals surface area contributed by atoms with Crippen molar-refractivity contribution < 1.29 is 19.0 Å². The Labute approximate surface area is 154 Å². The van der Waals surface area contributed by atoms with Gasteiger partial charge in [0.25, 0.3) is 0 Å². The molecule has 1 aliphatic rings. The standard InChI is InChI=1S/C21H25NO4/c1-13(2)12-26-18-8-6-5-7-15(18)16-11-20(23)22-17-9-14(24-3)10-19(25-4)21(16)17/h5-10,13,16H,11-12H2,1-4H3,(H,22,23). The van der Waals surface area contributed by atoms with Gasteiger partial charge in [-0.25, -0.2) is 0 Å². The number of rotatable bonds is 6. The zero-order valence-corrected chi connectivity index (χ0v) is 15.7. The minimum absolute atomic E-state index is 0.0310. The van der Waals surface area contributed by atoms with Crippen LogP contribution in [0, 0.1) is 5.92 Å². The molecule has 26 heavy (non-hydrogen) atoms. The van der Waals surface area contributed by atoms with Crippen LogP contribution in [0.4, 0.5) is 5.69 Å². The molecular weight excluding hydrogens is 330 g/mol. The number of carbonyl (C=O) groups excluding carboxylic acids is 1. The summed E-state index contributed by atoms with van der Waals surface area (Å²) in [5.74, 6) is 2.40. The molecule has 1 amide bonds. The molecule has 0 aliphatic carbocycles. The second kappa shape index (κ2) is 7.68. The van der Waals surface area contributed by atoms with Crippen molar-refractivity contribution in [2.75, 3.05) is 26.1 Å². The Balaban J connectivity index is 2.10. The predicted octanol–water partition coefficient (Wildman–Crippen LogP) is 4.21. The van der Waals surface area contributed by atoms with Crippen molar-refractivity contribution in [3.05, 3.63) is 47.5 Å². The quantitative estimate of drug-likeness (QED) is 0.843. The maximum Gasteiger partial charge on any atom is 0.225 e. The van der Waals surface area contributed by atoms with E-state index in [1.807, 2.05) is 36.4 Å². The van der Waals surface area contributed by atoms with E-state index >= 15 is 0 Å². The van der Waals surface area contributed by atoms with Crippen LogP contribution in [0.15, 0.2) is 36.4 Å². The topological polar surface area (TPSA) is 56.8 Å². The highest BCUT2D eigenvalue weighted by molar-refractivity contribution is 5.96. The van der Waals surface area contributed by atoms with Crippen molar-refractivity contribution in [1.82, 2.24) is 0 Å². The number of fused-ring (bicyclic) bond motifs is 1. The smallest absolute Gasteiger partial charge is 0.225 e. The molecule has 138 valence electrons. The Morgan fingerprint density at radius 2 is 1.88 bits per heavy atom. The molecule has 0 saturated heterocycles. The molecule has 0 radical (unpaired) electrons. The van der Waals surface area contributed by atoms with Gasteiger partial charge in [0.15, 0.2) is 0 Å². The molecule has 5 nitrogen and oxygen atoms in total. The molecule has 1 unspecified atom stereocenters. The van der Waals surface area contributed by atoms with Gasteiger partial charge in [-0.15, -0.1) is 0 Å². The van der Waals surface area contributed by atoms with E-state index in [2.05, 4.69) is 19.2 Å². The molecule has 2 aromatic carbocycles. The first-order valence-electron chi connectivity index (χ1n) is 8.81. The van der Waals surface area contributed by atoms with Crippen molar-refractivity contribution >= 4 is 11.6 Å². The Kier molecular flexibility index (Phi) is 5.35. The van der Waals surface area contributed by atoms with Gasteiger partial charge in [0.1, 0.15) is 17.2 Å². The van der Waals surface area contributed by atoms with Crippen molar-refractivity contribution in [3.8, 4) is 17.2 Å². The summed E-state index contributed by atoms with van der Waals surface area (Å²) in [6.45, 7) is 4.85. The predicted molar refractivity (Wildman–Crippen MR) is 101 cm³/mol. The summed E-state index contributed by atoms with van der Waals surface area (Å²) in [6.07, 6.45) is 0.345. The van der Waals surface area contributed by atoms with Gasteiger partial charge in [-0.2, -0.15) is 0 Å². The van der Waals surface area contributed by atoms with E-state index in [1.165, 1.54) is 0 Å². The fourth-order valence-corrected chi connectivity index (χ4v) is 3.26. The Bertz CT molecular complexity index is 801. The first-order chi connectivity index (χ1) is 12.5. The van der Waals surface area contributed by atoms with Crippen LogP contribution in [0.5, 0.6) is 17.2 Å². The molecule has 0 aromatic heterocycles. The van der Waals surface area contributed by atoms with Crippen LogP contribution in [-0.4, -0.2) is 26.7 Å². The number of para-hydroxylation sites is 1. The third kappa shape index (κ3) is 3.62. The summed E-state index contributed by atoms with van der Waals surface area (Å²) in [6, 6.07) is 11.6. The van der Waals surface area contributed by atoms with Crippen molar-refractivity contribution in [1.29, 1.82) is 0 Å². The minimum atomic E-state index is -0.136. The Morgan fingerprint density at radius 1 is 1.12 bits per heavy atom. The van der Waals surface area contributed by atoms with Crippen LogP contribution in [0.2, 0.25) is 0 Å². The van der Waals surface area contributed by atoms with Gasteiger partial charge < -0.3 is 19.5 Å². The van der Waals surface area contributed by atoms with Gasteiger partial charge >= 0.3 is 0 Å². The summed E-state index contributed by atoms with van der Waals surface area (Å²) < 4.78 is 17.0. The number of hydrogen-bond acceptors (Lipinski definition) is 4. The molecule has 0 spiro atoms. The van der Waals surface area contributed by atoms with E-state index < -0.39 is 0 Å². The van der Waals surface area contributed by atoms with Crippen LogP contribution in [0.25, 0.3) is 0 Å². The van der Waals surface area contributed by atoms with Crippen molar-refractivity contribution in [2.24, 2.45) is 5.92 Å². The van der Waals surface area contributed by atoms with Gasteiger partial charge in [-0.3, -0.25) is 4.79 Å².